The van der Waals surface area contributed by atoms with E-state index < -0.39 is 6.10 Å². The van der Waals surface area contributed by atoms with E-state index in [1.165, 1.54) is 25.9 Å². The zero-order valence-corrected chi connectivity index (χ0v) is 12.9. The van der Waals surface area contributed by atoms with Gasteiger partial charge in [-0.15, -0.1) is 11.3 Å². The van der Waals surface area contributed by atoms with Crippen LogP contribution < -0.4 is 4.74 Å². The minimum Gasteiger partial charge on any atom is -0.492 e. The van der Waals surface area contributed by atoms with Gasteiger partial charge in [0.15, 0.2) is 0 Å². The number of thiophene rings is 1. The van der Waals surface area contributed by atoms with Gasteiger partial charge >= 0.3 is 0 Å². The molecule has 0 saturated carbocycles. The van der Waals surface area contributed by atoms with Gasteiger partial charge in [0.2, 0.25) is 0 Å². The van der Waals surface area contributed by atoms with Crippen molar-refractivity contribution in [1.82, 2.24) is 4.90 Å². The fourth-order valence-electron chi connectivity index (χ4n) is 2.66. The highest BCUT2D eigenvalue weighted by Crippen LogP contribution is 2.27. The van der Waals surface area contributed by atoms with E-state index in [0.29, 0.717) is 0 Å². The molecule has 1 aromatic carbocycles. The number of rotatable bonds is 6. The first-order valence-corrected chi connectivity index (χ1v) is 8.37. The second kappa shape index (κ2) is 7.07. The van der Waals surface area contributed by atoms with Crippen LogP contribution in [0.1, 0.15) is 29.4 Å². The molecule has 2 heterocycles. The predicted octanol–water partition coefficient (Wildman–Crippen LogP) is 3.30. The number of nitrogens with zero attached hydrogens (tertiary/aromatic N) is 1. The maximum absolute atomic E-state index is 10.3. The van der Waals surface area contributed by atoms with Crippen LogP contribution in [-0.4, -0.2) is 36.2 Å². The highest BCUT2D eigenvalue weighted by molar-refractivity contribution is 7.10. The van der Waals surface area contributed by atoms with Gasteiger partial charge in [0.05, 0.1) is 0 Å². The third-order valence-corrected chi connectivity index (χ3v) is 4.81. The van der Waals surface area contributed by atoms with Crippen molar-refractivity contribution in [3.8, 4) is 5.75 Å². The van der Waals surface area contributed by atoms with Crippen LogP contribution in [0.4, 0.5) is 0 Å². The van der Waals surface area contributed by atoms with Crippen LogP contribution in [0, 0.1) is 0 Å². The van der Waals surface area contributed by atoms with Crippen molar-refractivity contribution in [2.45, 2.75) is 18.9 Å². The van der Waals surface area contributed by atoms with Crippen LogP contribution in [0.25, 0.3) is 0 Å². The number of aliphatic hydroxyl groups is 1. The summed E-state index contributed by atoms with van der Waals surface area (Å²) in [6, 6.07) is 11.7. The van der Waals surface area contributed by atoms with Gasteiger partial charge in [0.25, 0.3) is 0 Å². The molecule has 21 heavy (non-hydrogen) atoms. The molecule has 1 aliphatic heterocycles. The van der Waals surface area contributed by atoms with Gasteiger partial charge in [-0.05, 0) is 55.1 Å². The lowest BCUT2D eigenvalue weighted by Gasteiger charge is -2.15. The van der Waals surface area contributed by atoms with Gasteiger partial charge < -0.3 is 9.84 Å². The second-order valence-electron chi connectivity index (χ2n) is 5.38. The fourth-order valence-corrected chi connectivity index (χ4v) is 3.39. The van der Waals surface area contributed by atoms with E-state index in [0.717, 1.165) is 29.3 Å². The maximum Gasteiger partial charge on any atom is 0.119 e. The molecule has 0 spiro atoms. The number of ether oxygens (including phenoxy) is 1. The van der Waals surface area contributed by atoms with Crippen molar-refractivity contribution in [3.63, 3.8) is 0 Å². The van der Waals surface area contributed by atoms with Gasteiger partial charge in [0.1, 0.15) is 18.5 Å². The van der Waals surface area contributed by atoms with E-state index in [2.05, 4.69) is 4.90 Å². The third-order valence-electron chi connectivity index (χ3n) is 3.88. The average Bonchev–Trinajstić information content (AvgIpc) is 3.21. The van der Waals surface area contributed by atoms with Crippen molar-refractivity contribution < 1.29 is 9.84 Å². The molecular formula is C17H21NO2S. The molecule has 3 rings (SSSR count). The van der Waals surface area contributed by atoms with Crippen LogP contribution in [0.3, 0.4) is 0 Å². The molecule has 0 aliphatic carbocycles. The van der Waals surface area contributed by atoms with Crippen molar-refractivity contribution in [1.29, 1.82) is 0 Å². The molecular weight excluding hydrogens is 282 g/mol. The molecule has 0 bridgehead atoms. The summed E-state index contributed by atoms with van der Waals surface area (Å²) in [5, 5.41) is 12.2. The number of aliphatic hydroxyl groups excluding tert-OH is 1. The Balaban J connectivity index is 1.51. The Morgan fingerprint density at radius 1 is 1.14 bits per heavy atom. The Bertz CT molecular complexity index is 532. The summed E-state index contributed by atoms with van der Waals surface area (Å²) in [6.45, 7) is 4.14. The Hall–Kier alpha value is -1.36. The van der Waals surface area contributed by atoms with Crippen LogP contribution in [0.2, 0.25) is 0 Å². The van der Waals surface area contributed by atoms with Crippen molar-refractivity contribution in [3.05, 3.63) is 52.2 Å². The quantitative estimate of drug-likeness (QED) is 0.889. The molecule has 3 nitrogen and oxygen atoms in total. The summed E-state index contributed by atoms with van der Waals surface area (Å²) in [6.07, 6.45) is 2.09. The molecule has 2 aromatic rings. The molecule has 0 radical (unpaired) electrons. The Labute approximate surface area is 129 Å². The monoisotopic (exact) mass is 303 g/mol. The number of hydrogen-bond donors (Lipinski definition) is 1. The molecule has 1 aliphatic rings. The summed E-state index contributed by atoms with van der Waals surface area (Å²) in [7, 11) is 0. The zero-order valence-electron chi connectivity index (χ0n) is 12.1. The third kappa shape index (κ3) is 3.84. The van der Waals surface area contributed by atoms with Gasteiger partial charge in [-0.2, -0.15) is 0 Å². The molecule has 1 fully saturated rings. The molecule has 1 N–H and O–H groups in total. The lowest BCUT2D eigenvalue weighted by molar-refractivity contribution is 0.223. The normalized spacial score (nSPS) is 17.0. The van der Waals surface area contributed by atoms with Crippen molar-refractivity contribution in [2.75, 3.05) is 26.2 Å². The molecule has 1 atom stereocenters. The number of hydrogen-bond acceptors (Lipinski definition) is 4. The average molecular weight is 303 g/mol. The first kappa shape index (κ1) is 14.6. The fraction of sp³-hybridized carbons (Fsp3) is 0.412. The number of benzene rings is 1. The van der Waals surface area contributed by atoms with E-state index in [4.69, 9.17) is 4.74 Å². The van der Waals surface area contributed by atoms with E-state index in [1.54, 1.807) is 11.3 Å². The molecule has 1 saturated heterocycles. The second-order valence-corrected chi connectivity index (χ2v) is 6.36. The zero-order chi connectivity index (χ0) is 14.5. The molecule has 0 amide bonds. The standard InChI is InChI=1S/C17H21NO2S/c19-17(16-4-3-13-21-16)14-5-7-15(8-6-14)20-12-11-18-9-1-2-10-18/h3-8,13,17,19H,1-2,9-12H2. The minimum absolute atomic E-state index is 0.538. The SMILES string of the molecule is OC(c1ccc(OCCN2CCCC2)cc1)c1cccs1. The first-order valence-electron chi connectivity index (χ1n) is 7.49. The summed E-state index contributed by atoms with van der Waals surface area (Å²) in [4.78, 5) is 3.41. The molecule has 4 heteroatoms. The van der Waals surface area contributed by atoms with E-state index in [-0.39, 0.29) is 0 Å². The van der Waals surface area contributed by atoms with Gasteiger partial charge in [0, 0.05) is 11.4 Å². The van der Waals surface area contributed by atoms with Crippen molar-refractivity contribution >= 4 is 11.3 Å². The maximum atomic E-state index is 10.3. The topological polar surface area (TPSA) is 32.7 Å². The summed E-state index contributed by atoms with van der Waals surface area (Å²) < 4.78 is 5.77. The van der Waals surface area contributed by atoms with Crippen LogP contribution >= 0.6 is 11.3 Å². The Morgan fingerprint density at radius 3 is 2.57 bits per heavy atom. The largest absolute Gasteiger partial charge is 0.492 e. The molecule has 112 valence electrons. The lowest BCUT2D eigenvalue weighted by Crippen LogP contribution is -2.25. The van der Waals surface area contributed by atoms with E-state index in [1.807, 2.05) is 41.8 Å². The number of likely N-dealkylation sites (tertiary alicyclic amines) is 1. The van der Waals surface area contributed by atoms with E-state index >= 15 is 0 Å². The van der Waals surface area contributed by atoms with Crippen molar-refractivity contribution in [2.24, 2.45) is 0 Å². The Kier molecular flexibility index (Phi) is 4.91. The highest BCUT2D eigenvalue weighted by Gasteiger charge is 2.12. The summed E-state index contributed by atoms with van der Waals surface area (Å²) >= 11 is 1.57. The van der Waals surface area contributed by atoms with Gasteiger partial charge in [-0.25, -0.2) is 0 Å². The highest BCUT2D eigenvalue weighted by atomic mass is 32.1. The smallest absolute Gasteiger partial charge is 0.119 e. The summed E-state index contributed by atoms with van der Waals surface area (Å²) in [5.41, 5.74) is 0.907. The van der Waals surface area contributed by atoms with Gasteiger partial charge in [-0.3, -0.25) is 4.90 Å². The van der Waals surface area contributed by atoms with Crippen LogP contribution in [0.5, 0.6) is 5.75 Å². The lowest BCUT2D eigenvalue weighted by atomic mass is 10.1. The molecule has 1 unspecified atom stereocenters. The first-order chi connectivity index (χ1) is 10.3. The minimum atomic E-state index is -0.538. The van der Waals surface area contributed by atoms with E-state index in [9.17, 15) is 5.11 Å². The van der Waals surface area contributed by atoms with Crippen LogP contribution in [-0.2, 0) is 0 Å². The summed E-state index contributed by atoms with van der Waals surface area (Å²) in [5.74, 6) is 0.872. The van der Waals surface area contributed by atoms with Crippen LogP contribution in [0.15, 0.2) is 41.8 Å². The predicted molar refractivity (Wildman–Crippen MR) is 86.0 cm³/mol. The van der Waals surface area contributed by atoms with Gasteiger partial charge in [-0.1, -0.05) is 18.2 Å². The molecule has 1 aromatic heterocycles. The Morgan fingerprint density at radius 2 is 1.90 bits per heavy atom.